The Labute approximate surface area is 166 Å². The summed E-state index contributed by atoms with van der Waals surface area (Å²) in [6, 6.07) is 6.39. The number of aromatic nitrogens is 3. The van der Waals surface area contributed by atoms with E-state index in [2.05, 4.69) is 62.1 Å². The summed E-state index contributed by atoms with van der Waals surface area (Å²) < 4.78 is 5.33. The minimum atomic E-state index is -0.157. The SMILES string of the molecule is CCNC(=NCc1noc(C(C)(C)C)n1)NCCc1c[nH]c2c(C)cccc12. The maximum Gasteiger partial charge on any atom is 0.232 e. The lowest BCUT2D eigenvalue weighted by Gasteiger charge is -2.11. The lowest BCUT2D eigenvalue weighted by Crippen LogP contribution is -2.38. The van der Waals surface area contributed by atoms with Crippen molar-refractivity contribution in [3.63, 3.8) is 0 Å². The maximum atomic E-state index is 5.33. The van der Waals surface area contributed by atoms with E-state index in [1.165, 1.54) is 22.0 Å². The average Bonchev–Trinajstić information content (AvgIpc) is 3.27. The van der Waals surface area contributed by atoms with Crippen LogP contribution in [0.2, 0.25) is 0 Å². The summed E-state index contributed by atoms with van der Waals surface area (Å²) >= 11 is 0. The molecular weight excluding hydrogens is 352 g/mol. The first-order chi connectivity index (χ1) is 13.4. The topological polar surface area (TPSA) is 91.1 Å². The molecule has 28 heavy (non-hydrogen) atoms. The summed E-state index contributed by atoms with van der Waals surface area (Å²) in [5.41, 5.74) is 3.62. The number of fused-ring (bicyclic) bond motifs is 1. The minimum absolute atomic E-state index is 0.157. The molecule has 0 aliphatic heterocycles. The molecule has 0 saturated carbocycles. The van der Waals surface area contributed by atoms with Crippen LogP contribution < -0.4 is 10.6 Å². The third kappa shape index (κ3) is 4.71. The molecule has 0 amide bonds. The molecule has 3 N–H and O–H groups in total. The number of hydrogen-bond donors (Lipinski definition) is 3. The van der Waals surface area contributed by atoms with Gasteiger partial charge in [-0.2, -0.15) is 4.98 Å². The van der Waals surface area contributed by atoms with Crippen LogP contribution >= 0.6 is 0 Å². The Hall–Kier alpha value is -2.83. The van der Waals surface area contributed by atoms with Gasteiger partial charge < -0.3 is 20.1 Å². The molecule has 0 saturated heterocycles. The van der Waals surface area contributed by atoms with Gasteiger partial charge >= 0.3 is 0 Å². The highest BCUT2D eigenvalue weighted by Gasteiger charge is 2.21. The summed E-state index contributed by atoms with van der Waals surface area (Å²) in [7, 11) is 0. The van der Waals surface area contributed by atoms with E-state index in [0.29, 0.717) is 18.3 Å². The lowest BCUT2D eigenvalue weighted by atomic mass is 9.97. The predicted molar refractivity (Wildman–Crippen MR) is 113 cm³/mol. The molecule has 0 atom stereocenters. The number of guanidine groups is 1. The van der Waals surface area contributed by atoms with Gasteiger partial charge in [-0.05, 0) is 31.4 Å². The maximum absolute atomic E-state index is 5.33. The van der Waals surface area contributed by atoms with Crippen molar-refractivity contribution in [3.05, 3.63) is 47.2 Å². The van der Waals surface area contributed by atoms with Crippen LogP contribution in [0.25, 0.3) is 10.9 Å². The second-order valence-corrected chi connectivity index (χ2v) is 7.95. The number of hydrogen-bond acceptors (Lipinski definition) is 4. The number of aliphatic imine (C=N–C) groups is 1. The van der Waals surface area contributed by atoms with E-state index in [9.17, 15) is 0 Å². The van der Waals surface area contributed by atoms with E-state index >= 15 is 0 Å². The van der Waals surface area contributed by atoms with Gasteiger partial charge in [0.25, 0.3) is 0 Å². The Balaban J connectivity index is 1.60. The molecule has 0 unspecified atom stereocenters. The molecule has 1 aromatic carbocycles. The van der Waals surface area contributed by atoms with Crippen molar-refractivity contribution >= 4 is 16.9 Å². The fraction of sp³-hybridized carbons (Fsp3) is 0.476. The van der Waals surface area contributed by atoms with E-state index in [4.69, 9.17) is 4.52 Å². The predicted octanol–water partition coefficient (Wildman–Crippen LogP) is 3.45. The molecule has 3 aromatic rings. The van der Waals surface area contributed by atoms with Crippen LogP contribution in [0, 0.1) is 6.92 Å². The number of H-pyrrole nitrogens is 1. The standard InChI is InChI=1S/C21H30N6O/c1-6-22-20(25-13-17-26-19(28-27-17)21(3,4)5)23-11-10-15-12-24-18-14(2)8-7-9-16(15)18/h7-9,12,24H,6,10-11,13H2,1-5H3,(H2,22,23,25). The number of benzene rings is 1. The van der Waals surface area contributed by atoms with Gasteiger partial charge in [0.2, 0.25) is 5.89 Å². The van der Waals surface area contributed by atoms with E-state index in [1.54, 1.807) is 0 Å². The second-order valence-electron chi connectivity index (χ2n) is 7.95. The van der Waals surface area contributed by atoms with Crippen LogP contribution in [0.15, 0.2) is 33.9 Å². The largest absolute Gasteiger partial charge is 0.361 e. The van der Waals surface area contributed by atoms with Gasteiger partial charge in [0.15, 0.2) is 11.8 Å². The summed E-state index contributed by atoms with van der Waals surface area (Å²) in [4.78, 5) is 12.4. The molecule has 7 heteroatoms. The molecule has 0 radical (unpaired) electrons. The van der Waals surface area contributed by atoms with Crippen molar-refractivity contribution < 1.29 is 4.52 Å². The molecule has 0 bridgehead atoms. The molecule has 150 valence electrons. The van der Waals surface area contributed by atoms with E-state index < -0.39 is 0 Å². The van der Waals surface area contributed by atoms with Crippen LogP contribution in [0.3, 0.4) is 0 Å². The highest BCUT2D eigenvalue weighted by atomic mass is 16.5. The fourth-order valence-corrected chi connectivity index (χ4v) is 3.00. The van der Waals surface area contributed by atoms with E-state index in [-0.39, 0.29) is 5.41 Å². The van der Waals surface area contributed by atoms with Crippen molar-refractivity contribution in [2.75, 3.05) is 13.1 Å². The summed E-state index contributed by atoms with van der Waals surface area (Å²) in [6.07, 6.45) is 3.00. The van der Waals surface area contributed by atoms with E-state index in [1.807, 2.05) is 27.7 Å². The van der Waals surface area contributed by atoms with Crippen LogP contribution in [-0.4, -0.2) is 34.2 Å². The number of nitrogens with one attached hydrogen (secondary N) is 3. The number of rotatable bonds is 6. The first kappa shape index (κ1) is 19.9. The second kappa shape index (κ2) is 8.46. The van der Waals surface area contributed by atoms with Crippen molar-refractivity contribution in [1.29, 1.82) is 0 Å². The first-order valence-electron chi connectivity index (χ1n) is 9.79. The van der Waals surface area contributed by atoms with Gasteiger partial charge in [-0.3, -0.25) is 0 Å². The molecule has 2 heterocycles. The zero-order valence-electron chi connectivity index (χ0n) is 17.4. The van der Waals surface area contributed by atoms with Crippen molar-refractivity contribution in [3.8, 4) is 0 Å². The van der Waals surface area contributed by atoms with Crippen LogP contribution in [-0.2, 0) is 18.4 Å². The fourth-order valence-electron chi connectivity index (χ4n) is 3.00. The Morgan fingerprint density at radius 3 is 2.79 bits per heavy atom. The van der Waals surface area contributed by atoms with Gasteiger partial charge in [-0.15, -0.1) is 0 Å². The van der Waals surface area contributed by atoms with Crippen molar-refractivity contribution in [1.82, 2.24) is 25.8 Å². The van der Waals surface area contributed by atoms with Gasteiger partial charge in [0, 0.05) is 35.6 Å². The number of nitrogens with zero attached hydrogens (tertiary/aromatic N) is 3. The highest BCUT2D eigenvalue weighted by Crippen LogP contribution is 2.21. The summed E-state index contributed by atoms with van der Waals surface area (Å²) in [6.45, 7) is 12.3. The third-order valence-corrected chi connectivity index (χ3v) is 4.53. The molecule has 0 spiro atoms. The molecular formula is C21H30N6O. The number of para-hydroxylation sites is 1. The van der Waals surface area contributed by atoms with Gasteiger partial charge in [0.05, 0.1) is 0 Å². The molecule has 0 fully saturated rings. The van der Waals surface area contributed by atoms with Crippen LogP contribution in [0.5, 0.6) is 0 Å². The Kier molecular flexibility index (Phi) is 6.02. The number of aromatic amines is 1. The minimum Gasteiger partial charge on any atom is -0.361 e. The first-order valence-corrected chi connectivity index (χ1v) is 9.79. The molecule has 2 aromatic heterocycles. The van der Waals surface area contributed by atoms with Crippen LogP contribution in [0.1, 0.15) is 50.5 Å². The quantitative estimate of drug-likeness (QED) is 0.449. The molecule has 7 nitrogen and oxygen atoms in total. The van der Waals surface area contributed by atoms with Gasteiger partial charge in [-0.25, -0.2) is 4.99 Å². The van der Waals surface area contributed by atoms with Gasteiger partial charge in [0.1, 0.15) is 6.54 Å². The highest BCUT2D eigenvalue weighted by molar-refractivity contribution is 5.86. The van der Waals surface area contributed by atoms with Crippen molar-refractivity contribution in [2.45, 2.75) is 53.0 Å². The normalized spacial score (nSPS) is 12.5. The van der Waals surface area contributed by atoms with Gasteiger partial charge in [-0.1, -0.05) is 44.1 Å². The third-order valence-electron chi connectivity index (χ3n) is 4.53. The molecule has 0 aliphatic rings. The smallest absolute Gasteiger partial charge is 0.232 e. The summed E-state index contributed by atoms with van der Waals surface area (Å²) in [5, 5.41) is 12.0. The zero-order valence-corrected chi connectivity index (χ0v) is 17.4. The lowest BCUT2D eigenvalue weighted by molar-refractivity contribution is 0.318. The Bertz CT molecular complexity index is 947. The molecule has 0 aliphatic carbocycles. The monoisotopic (exact) mass is 382 g/mol. The summed E-state index contributed by atoms with van der Waals surface area (Å²) in [5.74, 6) is 1.97. The van der Waals surface area contributed by atoms with E-state index in [0.717, 1.165) is 25.5 Å². The van der Waals surface area contributed by atoms with Crippen molar-refractivity contribution in [2.24, 2.45) is 4.99 Å². The Morgan fingerprint density at radius 1 is 1.25 bits per heavy atom. The molecule has 3 rings (SSSR count). The zero-order chi connectivity index (χ0) is 20.1. The van der Waals surface area contributed by atoms with Crippen LogP contribution in [0.4, 0.5) is 0 Å². The number of aryl methyl sites for hydroxylation is 1. The average molecular weight is 383 g/mol. The Morgan fingerprint density at radius 2 is 2.07 bits per heavy atom.